The highest BCUT2D eigenvalue weighted by molar-refractivity contribution is 5.68. The Hall–Kier alpha value is -2.85. The van der Waals surface area contributed by atoms with Crippen LogP contribution in [0.25, 0.3) is 0 Å². The molecule has 2 rings (SSSR count). The summed E-state index contributed by atoms with van der Waals surface area (Å²) in [7, 11) is 0. The number of aliphatic hydroxyl groups is 1. The third-order valence-electron chi connectivity index (χ3n) is 9.07. The Morgan fingerprint density at radius 2 is 0.981 bits per heavy atom. The summed E-state index contributed by atoms with van der Waals surface area (Å²) in [6.45, 7) is 9.40. The molecule has 0 spiro atoms. The van der Waals surface area contributed by atoms with Crippen LogP contribution in [0.15, 0.2) is 0 Å². The number of carbonyl (C=O) groups excluding carboxylic acids is 5. The standard InChI is InChI=1S/C38H64O15/c1-8-9-10-11-12-13-14-15-16-17-18-19-20-21-22-45-37-34(31(44)33(49-27(5)41)30(52-37)23-46-25(3)39)53-38-36(51-29(7)43)35(50-28(6)42)32(24(2)47-38)48-26(4)40/h24,30-38,44H,8-23H2,1-7H3/t24-,30+,31-,32-,33+,34+,35+,36+,37+,38-/m0/s1. The fourth-order valence-electron chi connectivity index (χ4n) is 6.58. The smallest absolute Gasteiger partial charge is 0.303 e. The Balaban J connectivity index is 2.14. The molecular formula is C38H64O15. The molecule has 0 unspecified atom stereocenters. The van der Waals surface area contributed by atoms with Gasteiger partial charge in [0.2, 0.25) is 0 Å². The van der Waals surface area contributed by atoms with Gasteiger partial charge in [-0.2, -0.15) is 0 Å². The van der Waals surface area contributed by atoms with E-state index in [2.05, 4.69) is 6.92 Å². The molecule has 0 aromatic heterocycles. The van der Waals surface area contributed by atoms with Gasteiger partial charge in [-0.05, 0) is 13.3 Å². The van der Waals surface area contributed by atoms with Gasteiger partial charge in [0.1, 0.15) is 24.9 Å². The van der Waals surface area contributed by atoms with Gasteiger partial charge in [0, 0.05) is 41.2 Å². The first-order valence-electron chi connectivity index (χ1n) is 19.3. The Bertz CT molecular complexity index is 1120. The molecule has 1 N–H and O–H groups in total. The van der Waals surface area contributed by atoms with E-state index >= 15 is 0 Å². The number of esters is 5. The van der Waals surface area contributed by atoms with Gasteiger partial charge < -0.3 is 47.7 Å². The molecule has 0 saturated carbocycles. The van der Waals surface area contributed by atoms with Crippen LogP contribution in [0.3, 0.4) is 0 Å². The van der Waals surface area contributed by atoms with Crippen molar-refractivity contribution in [1.29, 1.82) is 0 Å². The molecule has 10 atom stereocenters. The van der Waals surface area contributed by atoms with Gasteiger partial charge in [0.05, 0.1) is 6.10 Å². The van der Waals surface area contributed by atoms with Crippen LogP contribution in [0, 0.1) is 0 Å². The van der Waals surface area contributed by atoms with E-state index in [1.54, 1.807) is 6.92 Å². The quantitative estimate of drug-likeness (QED) is 0.0787. The van der Waals surface area contributed by atoms with Crippen LogP contribution in [-0.4, -0.2) is 110 Å². The van der Waals surface area contributed by atoms with Gasteiger partial charge in [-0.15, -0.1) is 0 Å². The molecule has 0 aromatic rings. The Morgan fingerprint density at radius 1 is 0.528 bits per heavy atom. The van der Waals surface area contributed by atoms with Gasteiger partial charge in [-0.1, -0.05) is 90.4 Å². The third-order valence-corrected chi connectivity index (χ3v) is 9.07. The monoisotopic (exact) mass is 760 g/mol. The molecule has 53 heavy (non-hydrogen) atoms. The molecule has 0 bridgehead atoms. The molecule has 2 aliphatic heterocycles. The second kappa shape index (κ2) is 25.3. The molecular weight excluding hydrogens is 696 g/mol. The average molecular weight is 761 g/mol. The minimum absolute atomic E-state index is 0.216. The fraction of sp³-hybridized carbons (Fsp3) is 0.868. The SMILES string of the molecule is CCCCCCCCCCCCCCCCO[C@@H]1O[C@H](COC(C)=O)[C@@H](OC(C)=O)[C@H](O)[C@H]1O[C@@H]1O[C@@H](C)[C@H](OC(C)=O)[C@@H](OC(C)=O)[C@H]1OC(C)=O. The molecule has 2 aliphatic rings. The minimum atomic E-state index is -1.62. The molecule has 0 aromatic carbocycles. The van der Waals surface area contributed by atoms with Gasteiger partial charge >= 0.3 is 29.8 Å². The summed E-state index contributed by atoms with van der Waals surface area (Å²) in [5, 5.41) is 11.6. The van der Waals surface area contributed by atoms with E-state index in [0.29, 0.717) is 6.42 Å². The van der Waals surface area contributed by atoms with E-state index in [9.17, 15) is 29.1 Å². The summed E-state index contributed by atoms with van der Waals surface area (Å²) in [5.41, 5.74) is 0. The zero-order chi connectivity index (χ0) is 39.3. The highest BCUT2D eigenvalue weighted by atomic mass is 16.8. The maximum atomic E-state index is 12.3. The maximum absolute atomic E-state index is 12.3. The third kappa shape index (κ3) is 17.4. The summed E-state index contributed by atoms with van der Waals surface area (Å²) in [6, 6.07) is 0. The zero-order valence-corrected chi connectivity index (χ0v) is 32.7. The van der Waals surface area contributed by atoms with Crippen LogP contribution < -0.4 is 0 Å². The van der Waals surface area contributed by atoms with Crippen molar-refractivity contribution in [2.45, 2.75) is 200 Å². The van der Waals surface area contributed by atoms with Crippen LogP contribution in [0.2, 0.25) is 0 Å². The first-order valence-corrected chi connectivity index (χ1v) is 19.3. The molecule has 306 valence electrons. The number of hydrogen-bond donors (Lipinski definition) is 1. The van der Waals surface area contributed by atoms with E-state index in [1.165, 1.54) is 71.1 Å². The maximum Gasteiger partial charge on any atom is 0.303 e. The van der Waals surface area contributed by atoms with E-state index < -0.39 is 91.3 Å². The molecule has 15 heteroatoms. The second-order valence-corrected chi connectivity index (χ2v) is 13.9. The lowest BCUT2D eigenvalue weighted by Crippen LogP contribution is -2.66. The van der Waals surface area contributed by atoms with Crippen molar-refractivity contribution in [2.75, 3.05) is 13.2 Å². The molecule has 2 heterocycles. The molecule has 2 fully saturated rings. The van der Waals surface area contributed by atoms with Crippen molar-refractivity contribution >= 4 is 29.8 Å². The molecule has 0 amide bonds. The average Bonchev–Trinajstić information content (AvgIpc) is 3.07. The predicted molar refractivity (Wildman–Crippen MR) is 189 cm³/mol. The summed E-state index contributed by atoms with van der Waals surface area (Å²) < 4.78 is 51.4. The van der Waals surface area contributed by atoms with Crippen LogP contribution in [0.1, 0.15) is 138 Å². The summed E-state index contributed by atoms with van der Waals surface area (Å²) >= 11 is 0. The predicted octanol–water partition coefficient (Wildman–Crippen LogP) is 4.99. The van der Waals surface area contributed by atoms with Crippen LogP contribution in [-0.2, 0) is 66.6 Å². The van der Waals surface area contributed by atoms with Gasteiger partial charge in [-0.3, -0.25) is 24.0 Å². The van der Waals surface area contributed by atoms with Crippen LogP contribution in [0.4, 0.5) is 0 Å². The number of rotatable bonds is 24. The second-order valence-electron chi connectivity index (χ2n) is 13.9. The normalized spacial score (nSPS) is 28.5. The molecule has 0 radical (unpaired) electrons. The number of ether oxygens (including phenoxy) is 9. The topological polar surface area (TPSA) is 189 Å². The van der Waals surface area contributed by atoms with Crippen molar-refractivity contribution in [3.63, 3.8) is 0 Å². The molecule has 0 aliphatic carbocycles. The van der Waals surface area contributed by atoms with Crippen molar-refractivity contribution in [2.24, 2.45) is 0 Å². The summed E-state index contributed by atoms with van der Waals surface area (Å²) in [5.74, 6) is -3.60. The van der Waals surface area contributed by atoms with Crippen LogP contribution in [0.5, 0.6) is 0 Å². The largest absolute Gasteiger partial charge is 0.463 e. The Labute approximate surface area is 314 Å². The van der Waals surface area contributed by atoms with Gasteiger partial charge in [0.15, 0.2) is 37.0 Å². The fourth-order valence-corrected chi connectivity index (χ4v) is 6.58. The highest BCUT2D eigenvalue weighted by Gasteiger charge is 2.55. The Kier molecular flexibility index (Phi) is 22.1. The number of hydrogen-bond acceptors (Lipinski definition) is 15. The lowest BCUT2D eigenvalue weighted by Gasteiger charge is -2.47. The summed E-state index contributed by atoms with van der Waals surface area (Å²) in [6.07, 6.45) is 3.27. The lowest BCUT2D eigenvalue weighted by atomic mass is 9.96. The van der Waals surface area contributed by atoms with E-state index in [-0.39, 0.29) is 13.2 Å². The van der Waals surface area contributed by atoms with E-state index in [4.69, 9.17) is 42.6 Å². The van der Waals surface area contributed by atoms with E-state index in [1.807, 2.05) is 0 Å². The number of aliphatic hydroxyl groups excluding tert-OH is 1. The van der Waals surface area contributed by atoms with Crippen molar-refractivity contribution in [3.8, 4) is 0 Å². The molecule has 15 nitrogen and oxygen atoms in total. The highest BCUT2D eigenvalue weighted by Crippen LogP contribution is 2.34. The zero-order valence-electron chi connectivity index (χ0n) is 32.7. The first kappa shape index (κ1) is 46.3. The minimum Gasteiger partial charge on any atom is -0.463 e. The summed E-state index contributed by atoms with van der Waals surface area (Å²) in [4.78, 5) is 60.1. The van der Waals surface area contributed by atoms with Crippen molar-refractivity contribution < 1.29 is 71.7 Å². The number of carbonyl (C=O) groups is 5. The first-order chi connectivity index (χ1) is 25.2. The van der Waals surface area contributed by atoms with Crippen LogP contribution >= 0.6 is 0 Å². The van der Waals surface area contributed by atoms with Gasteiger partial charge in [-0.25, -0.2) is 0 Å². The Morgan fingerprint density at radius 3 is 1.47 bits per heavy atom. The number of unbranched alkanes of at least 4 members (excludes halogenated alkanes) is 13. The molecule has 2 saturated heterocycles. The van der Waals surface area contributed by atoms with Crippen molar-refractivity contribution in [3.05, 3.63) is 0 Å². The van der Waals surface area contributed by atoms with Crippen molar-refractivity contribution in [1.82, 2.24) is 0 Å². The van der Waals surface area contributed by atoms with Gasteiger partial charge in [0.25, 0.3) is 0 Å². The van der Waals surface area contributed by atoms with E-state index in [0.717, 1.165) is 47.0 Å². The lowest BCUT2D eigenvalue weighted by molar-refractivity contribution is -0.365.